The van der Waals surface area contributed by atoms with E-state index in [0.717, 1.165) is 36.4 Å². The molecule has 0 N–H and O–H groups in total. The van der Waals surface area contributed by atoms with Crippen molar-refractivity contribution in [1.29, 1.82) is 0 Å². The van der Waals surface area contributed by atoms with Gasteiger partial charge in [0.05, 0.1) is 22.7 Å². The van der Waals surface area contributed by atoms with E-state index >= 15 is 0 Å². The number of anilines is 2. The van der Waals surface area contributed by atoms with Gasteiger partial charge in [-0.05, 0) is 55.2 Å². The van der Waals surface area contributed by atoms with Crippen LogP contribution < -0.4 is 13.9 Å². The summed E-state index contributed by atoms with van der Waals surface area (Å²) in [6.07, 6.45) is 3.09. The highest BCUT2D eigenvalue weighted by molar-refractivity contribution is 7.92. The highest BCUT2D eigenvalue weighted by Gasteiger charge is 2.32. The van der Waals surface area contributed by atoms with Gasteiger partial charge < -0.3 is 9.64 Å². The molecule has 7 heteroatoms. The smallest absolute Gasteiger partial charge is 0.264 e. The standard InChI is InChI=1S/C19H21ClN2O3S/c1-25-19-7-6-16(13-17(19)20)26(23,24)22-11-8-14-4-5-15(12-18(14)22)21-9-2-3-10-21/h4-7,12-13H,2-3,8-11H2,1H3. The minimum Gasteiger partial charge on any atom is -0.495 e. The lowest BCUT2D eigenvalue weighted by Gasteiger charge is -2.23. The van der Waals surface area contributed by atoms with Crippen LogP contribution in [-0.2, 0) is 16.4 Å². The summed E-state index contributed by atoms with van der Waals surface area (Å²) in [6.45, 7) is 2.50. The highest BCUT2D eigenvalue weighted by atomic mass is 35.5. The van der Waals surface area contributed by atoms with Gasteiger partial charge in [0.1, 0.15) is 5.75 Å². The molecule has 4 rings (SSSR count). The third kappa shape index (κ3) is 2.91. The molecule has 26 heavy (non-hydrogen) atoms. The molecule has 0 aromatic heterocycles. The second kappa shape index (κ2) is 6.67. The van der Waals surface area contributed by atoms with Crippen molar-refractivity contribution in [2.75, 3.05) is 35.9 Å². The number of hydrogen-bond acceptors (Lipinski definition) is 4. The SMILES string of the molecule is COc1ccc(S(=O)(=O)N2CCc3ccc(N4CCCC4)cc32)cc1Cl. The van der Waals surface area contributed by atoms with E-state index in [0.29, 0.717) is 17.3 Å². The second-order valence-electron chi connectivity index (χ2n) is 6.63. The van der Waals surface area contributed by atoms with Crippen LogP contribution in [0.1, 0.15) is 18.4 Å². The summed E-state index contributed by atoms with van der Waals surface area (Å²) in [5.74, 6) is 0.462. The van der Waals surface area contributed by atoms with E-state index in [9.17, 15) is 8.42 Å². The molecule has 2 aliphatic heterocycles. The molecule has 0 bridgehead atoms. The zero-order valence-corrected chi connectivity index (χ0v) is 16.2. The van der Waals surface area contributed by atoms with Crippen LogP contribution in [0.2, 0.25) is 5.02 Å². The summed E-state index contributed by atoms with van der Waals surface area (Å²) < 4.78 is 33.0. The van der Waals surface area contributed by atoms with Gasteiger partial charge in [-0.3, -0.25) is 4.31 Å². The van der Waals surface area contributed by atoms with E-state index in [1.54, 1.807) is 12.1 Å². The molecule has 2 aliphatic rings. The van der Waals surface area contributed by atoms with E-state index in [1.165, 1.54) is 30.3 Å². The summed E-state index contributed by atoms with van der Waals surface area (Å²) in [5.41, 5.74) is 2.94. The second-order valence-corrected chi connectivity index (χ2v) is 8.90. The van der Waals surface area contributed by atoms with Gasteiger partial charge in [0, 0.05) is 25.3 Å². The fourth-order valence-electron chi connectivity index (χ4n) is 3.69. The number of rotatable bonds is 4. The molecule has 2 aromatic rings. The van der Waals surface area contributed by atoms with Crippen LogP contribution in [0, 0.1) is 0 Å². The van der Waals surface area contributed by atoms with Gasteiger partial charge in [-0.2, -0.15) is 0 Å². The predicted octanol–water partition coefficient (Wildman–Crippen LogP) is 3.70. The number of sulfonamides is 1. The summed E-state index contributed by atoms with van der Waals surface area (Å²) in [7, 11) is -2.16. The monoisotopic (exact) mass is 392 g/mol. The van der Waals surface area contributed by atoms with Crippen LogP contribution in [0.4, 0.5) is 11.4 Å². The van der Waals surface area contributed by atoms with Crippen LogP contribution in [-0.4, -0.2) is 35.2 Å². The maximum absolute atomic E-state index is 13.2. The van der Waals surface area contributed by atoms with E-state index in [2.05, 4.69) is 17.0 Å². The number of fused-ring (bicyclic) bond motifs is 1. The lowest BCUT2D eigenvalue weighted by molar-refractivity contribution is 0.414. The van der Waals surface area contributed by atoms with Gasteiger partial charge >= 0.3 is 0 Å². The molecule has 5 nitrogen and oxygen atoms in total. The Hall–Kier alpha value is -1.92. The van der Waals surface area contributed by atoms with E-state index in [4.69, 9.17) is 16.3 Å². The van der Waals surface area contributed by atoms with Gasteiger partial charge in [-0.25, -0.2) is 8.42 Å². The average Bonchev–Trinajstić information content (AvgIpc) is 3.30. The molecule has 0 saturated carbocycles. The molecule has 0 amide bonds. The van der Waals surface area contributed by atoms with Gasteiger partial charge in [0.2, 0.25) is 0 Å². The molecule has 0 radical (unpaired) electrons. The fraction of sp³-hybridized carbons (Fsp3) is 0.368. The number of halogens is 1. The van der Waals surface area contributed by atoms with Gasteiger partial charge in [-0.1, -0.05) is 17.7 Å². The molecule has 138 valence electrons. The van der Waals surface area contributed by atoms with Gasteiger partial charge in [0.25, 0.3) is 10.0 Å². The van der Waals surface area contributed by atoms with E-state index in [1.807, 2.05) is 6.07 Å². The average molecular weight is 393 g/mol. The van der Waals surface area contributed by atoms with Crippen molar-refractivity contribution >= 4 is 33.0 Å². The molecule has 0 atom stereocenters. The van der Waals surface area contributed by atoms with Crippen molar-refractivity contribution in [3.8, 4) is 5.75 Å². The topological polar surface area (TPSA) is 49.9 Å². The molecule has 2 heterocycles. The lowest BCUT2D eigenvalue weighted by Crippen LogP contribution is -2.29. The summed E-state index contributed by atoms with van der Waals surface area (Å²) in [4.78, 5) is 2.50. The third-order valence-electron chi connectivity index (χ3n) is 5.10. The van der Waals surface area contributed by atoms with Crippen LogP contribution in [0.15, 0.2) is 41.3 Å². The van der Waals surface area contributed by atoms with Crippen molar-refractivity contribution in [2.24, 2.45) is 0 Å². The number of benzene rings is 2. The van der Waals surface area contributed by atoms with Gasteiger partial charge in [-0.15, -0.1) is 0 Å². The van der Waals surface area contributed by atoms with Crippen LogP contribution in [0.3, 0.4) is 0 Å². The lowest BCUT2D eigenvalue weighted by atomic mass is 10.1. The largest absolute Gasteiger partial charge is 0.495 e. The Bertz CT molecular complexity index is 940. The molecule has 1 fully saturated rings. The van der Waals surface area contributed by atoms with Crippen LogP contribution in [0.25, 0.3) is 0 Å². The molecule has 0 spiro atoms. The summed E-state index contributed by atoms with van der Waals surface area (Å²) in [5, 5.41) is 0.291. The van der Waals surface area contributed by atoms with Crippen molar-refractivity contribution in [3.63, 3.8) is 0 Å². The third-order valence-corrected chi connectivity index (χ3v) is 7.21. The van der Waals surface area contributed by atoms with Crippen molar-refractivity contribution in [2.45, 2.75) is 24.2 Å². The Labute approximate surface area is 159 Å². The number of hydrogen-bond donors (Lipinski definition) is 0. The fourth-order valence-corrected chi connectivity index (χ4v) is 5.54. The minimum absolute atomic E-state index is 0.183. The van der Waals surface area contributed by atoms with E-state index < -0.39 is 10.0 Å². The Morgan fingerprint density at radius 1 is 1.04 bits per heavy atom. The Morgan fingerprint density at radius 3 is 2.50 bits per heavy atom. The maximum Gasteiger partial charge on any atom is 0.264 e. The molecular formula is C19H21ClN2O3S. The van der Waals surface area contributed by atoms with Crippen molar-refractivity contribution in [1.82, 2.24) is 0 Å². The first kappa shape index (κ1) is 17.5. The van der Waals surface area contributed by atoms with Crippen LogP contribution in [0.5, 0.6) is 5.75 Å². The number of nitrogens with zero attached hydrogens (tertiary/aromatic N) is 2. The normalized spacial score (nSPS) is 16.8. The Balaban J connectivity index is 1.71. The Morgan fingerprint density at radius 2 is 1.81 bits per heavy atom. The first-order valence-electron chi connectivity index (χ1n) is 8.75. The quantitative estimate of drug-likeness (QED) is 0.796. The van der Waals surface area contributed by atoms with Crippen LogP contribution >= 0.6 is 11.6 Å². The highest BCUT2D eigenvalue weighted by Crippen LogP contribution is 2.37. The number of methoxy groups -OCH3 is 1. The molecule has 0 unspecified atom stereocenters. The molecule has 1 saturated heterocycles. The van der Waals surface area contributed by atoms with Gasteiger partial charge in [0.15, 0.2) is 0 Å². The Kier molecular flexibility index (Phi) is 4.49. The van der Waals surface area contributed by atoms with Crippen molar-refractivity contribution < 1.29 is 13.2 Å². The summed E-state index contributed by atoms with van der Waals surface area (Å²) in [6, 6.07) is 10.8. The van der Waals surface area contributed by atoms with Crippen molar-refractivity contribution in [3.05, 3.63) is 47.0 Å². The summed E-state index contributed by atoms with van der Waals surface area (Å²) >= 11 is 6.14. The molecular weight excluding hydrogens is 372 g/mol. The zero-order valence-electron chi connectivity index (χ0n) is 14.6. The zero-order chi connectivity index (χ0) is 18.3. The molecule has 2 aromatic carbocycles. The molecule has 0 aliphatic carbocycles. The number of ether oxygens (including phenoxy) is 1. The predicted molar refractivity (Wildman–Crippen MR) is 104 cm³/mol. The minimum atomic E-state index is -3.67. The van der Waals surface area contributed by atoms with E-state index in [-0.39, 0.29) is 4.90 Å². The first-order chi connectivity index (χ1) is 12.5. The maximum atomic E-state index is 13.2. The first-order valence-corrected chi connectivity index (χ1v) is 10.6.